The van der Waals surface area contributed by atoms with E-state index >= 15 is 0 Å². The molecule has 1 unspecified atom stereocenters. The van der Waals surface area contributed by atoms with Crippen molar-refractivity contribution in [3.63, 3.8) is 0 Å². The van der Waals surface area contributed by atoms with Crippen LogP contribution in [0.4, 0.5) is 0 Å². The summed E-state index contributed by atoms with van der Waals surface area (Å²) >= 11 is 0. The zero-order valence-electron chi connectivity index (χ0n) is 5.46. The van der Waals surface area contributed by atoms with Gasteiger partial charge in [0.1, 0.15) is 0 Å². The van der Waals surface area contributed by atoms with Crippen LogP contribution < -0.4 is 0 Å². The largest absolute Gasteiger partial charge is 0.198 e. The lowest BCUT2D eigenvalue weighted by molar-refractivity contribution is 0.838. The molecule has 1 aliphatic rings. The fourth-order valence-corrected chi connectivity index (χ4v) is 0.596. The van der Waals surface area contributed by atoms with Gasteiger partial charge in [0.15, 0.2) is 0 Å². The van der Waals surface area contributed by atoms with Crippen molar-refractivity contribution in [1.29, 1.82) is 5.26 Å². The Morgan fingerprint density at radius 2 is 2.62 bits per heavy atom. The Kier molecular flexibility index (Phi) is 1.13. The first-order chi connectivity index (χ1) is 4.27. The Morgan fingerprint density at radius 3 is 3.00 bits per heavy atom. The van der Waals surface area contributed by atoms with Crippen LogP contribution in [0.25, 0.3) is 0 Å². The summed E-state index contributed by atoms with van der Waals surface area (Å²) in [7, 11) is 0. The van der Waals surface area contributed by atoms with E-state index in [2.05, 4.69) is 0 Å². The molecule has 1 rings (SSSR count). The number of rotatable bonds is 0. The molecule has 40 valence electrons. The summed E-state index contributed by atoms with van der Waals surface area (Å²) < 4.78 is 7.37. The SMILES string of the molecule is [2H]C1(C#N)C=CC=CC1. The molecule has 1 heteroatoms. The molecule has 0 N–H and O–H groups in total. The van der Waals surface area contributed by atoms with Crippen LogP contribution in [-0.4, -0.2) is 0 Å². The van der Waals surface area contributed by atoms with E-state index in [4.69, 9.17) is 6.63 Å². The number of nitriles is 1. The van der Waals surface area contributed by atoms with Crippen LogP contribution in [-0.2, 0) is 0 Å². The van der Waals surface area contributed by atoms with Crippen molar-refractivity contribution >= 4 is 0 Å². The van der Waals surface area contributed by atoms with Crippen LogP contribution in [0.2, 0.25) is 0 Å². The van der Waals surface area contributed by atoms with Gasteiger partial charge in [-0.15, -0.1) is 0 Å². The fraction of sp³-hybridized carbons (Fsp3) is 0.286. The van der Waals surface area contributed by atoms with Gasteiger partial charge in [-0.1, -0.05) is 24.3 Å². The van der Waals surface area contributed by atoms with Gasteiger partial charge in [-0.25, -0.2) is 0 Å². The Hall–Kier alpha value is -1.03. The summed E-state index contributed by atoms with van der Waals surface area (Å²) in [5, 5.41) is 8.43. The van der Waals surface area contributed by atoms with Gasteiger partial charge in [0, 0.05) is 0 Å². The molecule has 0 bridgehead atoms. The second kappa shape index (κ2) is 2.32. The summed E-state index contributed by atoms with van der Waals surface area (Å²) in [5.74, 6) is -0.991. The van der Waals surface area contributed by atoms with Crippen molar-refractivity contribution in [2.24, 2.45) is 5.89 Å². The molecule has 0 amide bonds. The molecule has 0 spiro atoms. The van der Waals surface area contributed by atoms with Crippen molar-refractivity contribution in [3.8, 4) is 6.07 Å². The number of hydrogen-bond donors (Lipinski definition) is 0. The highest BCUT2D eigenvalue weighted by atomic mass is 14.3. The molecule has 0 saturated heterocycles. The Balaban J connectivity index is 2.77. The number of hydrogen-bond acceptors (Lipinski definition) is 1. The average molecular weight is 106 g/mol. The van der Waals surface area contributed by atoms with E-state index in [0.717, 1.165) is 0 Å². The van der Waals surface area contributed by atoms with E-state index in [1.54, 1.807) is 12.2 Å². The van der Waals surface area contributed by atoms with E-state index < -0.39 is 5.89 Å². The minimum atomic E-state index is -0.991. The summed E-state index contributed by atoms with van der Waals surface area (Å²) in [4.78, 5) is 0. The zero-order valence-corrected chi connectivity index (χ0v) is 4.46. The van der Waals surface area contributed by atoms with Crippen molar-refractivity contribution in [3.05, 3.63) is 24.3 Å². The molecule has 0 aromatic rings. The lowest BCUT2D eigenvalue weighted by Crippen LogP contribution is -1.90. The third-order valence-corrected chi connectivity index (χ3v) is 1.03. The minimum absolute atomic E-state index is 0.514. The van der Waals surface area contributed by atoms with Crippen LogP contribution in [0.5, 0.6) is 0 Å². The maximum Gasteiger partial charge on any atom is 0.0700 e. The van der Waals surface area contributed by atoms with Gasteiger partial charge in [0.05, 0.1) is 13.3 Å². The number of allylic oxidation sites excluding steroid dienone is 4. The molecule has 0 aromatic carbocycles. The number of nitrogens with zero attached hydrogens (tertiary/aromatic N) is 1. The standard InChI is InChI=1S/C7H7N/c8-6-7-4-2-1-3-5-7/h1-4,7H,5H2/i7D. The highest BCUT2D eigenvalue weighted by molar-refractivity contribution is 5.15. The van der Waals surface area contributed by atoms with Crippen LogP contribution in [0, 0.1) is 17.2 Å². The van der Waals surface area contributed by atoms with Crippen molar-refractivity contribution in [2.45, 2.75) is 6.42 Å². The summed E-state index contributed by atoms with van der Waals surface area (Å²) in [6.07, 6.45) is 7.53. The van der Waals surface area contributed by atoms with E-state index in [9.17, 15) is 0 Å². The van der Waals surface area contributed by atoms with E-state index in [0.29, 0.717) is 6.42 Å². The lowest BCUT2D eigenvalue weighted by Gasteiger charge is -1.99. The molecule has 0 heterocycles. The molecule has 8 heavy (non-hydrogen) atoms. The molecular weight excluding hydrogens is 98.1 g/mol. The highest BCUT2D eigenvalue weighted by Crippen LogP contribution is 2.08. The quantitative estimate of drug-likeness (QED) is 0.460. The Morgan fingerprint density at radius 1 is 1.75 bits per heavy atom. The van der Waals surface area contributed by atoms with Gasteiger partial charge in [0.2, 0.25) is 0 Å². The van der Waals surface area contributed by atoms with E-state index in [-0.39, 0.29) is 0 Å². The Labute approximate surface area is 50.3 Å². The molecular formula is C7H7N. The summed E-state index contributed by atoms with van der Waals surface area (Å²) in [6.45, 7) is 0. The normalized spacial score (nSPS) is 36.1. The summed E-state index contributed by atoms with van der Waals surface area (Å²) in [5.41, 5.74) is 0. The highest BCUT2D eigenvalue weighted by Gasteiger charge is 1.99. The average Bonchev–Trinajstić information content (AvgIpc) is 1.90. The molecule has 0 fully saturated rings. The fourth-order valence-electron chi connectivity index (χ4n) is 0.596. The van der Waals surface area contributed by atoms with E-state index in [1.165, 1.54) is 0 Å². The second-order valence-electron chi connectivity index (χ2n) is 1.63. The van der Waals surface area contributed by atoms with Gasteiger partial charge >= 0.3 is 0 Å². The molecule has 1 nitrogen and oxygen atoms in total. The molecule has 0 radical (unpaired) electrons. The monoisotopic (exact) mass is 106 g/mol. The lowest BCUT2D eigenvalue weighted by atomic mass is 10.0. The minimum Gasteiger partial charge on any atom is -0.198 e. The maximum atomic E-state index is 8.43. The second-order valence-corrected chi connectivity index (χ2v) is 1.63. The van der Waals surface area contributed by atoms with Crippen LogP contribution in [0.3, 0.4) is 0 Å². The van der Waals surface area contributed by atoms with Crippen molar-refractivity contribution in [2.75, 3.05) is 0 Å². The molecule has 1 atom stereocenters. The molecule has 1 aliphatic carbocycles. The third-order valence-electron chi connectivity index (χ3n) is 1.03. The van der Waals surface area contributed by atoms with Crippen LogP contribution in [0.1, 0.15) is 7.79 Å². The zero-order chi connectivity index (χ0) is 6.74. The predicted molar refractivity (Wildman–Crippen MR) is 32.0 cm³/mol. The Bertz CT molecular complexity index is 199. The predicted octanol–water partition coefficient (Wildman–Crippen LogP) is 1.64. The topological polar surface area (TPSA) is 23.8 Å². The molecule has 0 aliphatic heterocycles. The first kappa shape index (κ1) is 3.91. The smallest absolute Gasteiger partial charge is 0.0700 e. The van der Waals surface area contributed by atoms with Gasteiger partial charge in [-0.05, 0) is 6.42 Å². The summed E-state index contributed by atoms with van der Waals surface area (Å²) in [6, 6.07) is 1.91. The first-order valence-corrected chi connectivity index (χ1v) is 2.52. The van der Waals surface area contributed by atoms with E-state index in [1.807, 2.05) is 18.2 Å². The van der Waals surface area contributed by atoms with Crippen LogP contribution >= 0.6 is 0 Å². The maximum absolute atomic E-state index is 8.43. The van der Waals surface area contributed by atoms with Crippen molar-refractivity contribution in [1.82, 2.24) is 0 Å². The third kappa shape index (κ3) is 0.974. The first-order valence-electron chi connectivity index (χ1n) is 3.02. The molecule has 0 saturated carbocycles. The van der Waals surface area contributed by atoms with Gasteiger partial charge in [-0.2, -0.15) is 5.26 Å². The van der Waals surface area contributed by atoms with Gasteiger partial charge in [0.25, 0.3) is 0 Å². The molecule has 0 aromatic heterocycles. The van der Waals surface area contributed by atoms with Gasteiger partial charge in [-0.3, -0.25) is 0 Å². The van der Waals surface area contributed by atoms with Gasteiger partial charge < -0.3 is 0 Å². The van der Waals surface area contributed by atoms with Crippen molar-refractivity contribution < 1.29 is 1.37 Å². The van der Waals surface area contributed by atoms with Crippen LogP contribution in [0.15, 0.2) is 24.3 Å².